The predicted octanol–water partition coefficient (Wildman–Crippen LogP) is 8.29. The normalized spacial score (nSPS) is 15.5. The molecule has 4 N–H and O–H groups in total. The molecule has 1 aliphatic heterocycles. The Morgan fingerprint density at radius 2 is 1.59 bits per heavy atom. The fourth-order valence-corrected chi connectivity index (χ4v) is 9.56. The van der Waals surface area contributed by atoms with Gasteiger partial charge in [-0.1, -0.05) is 57.2 Å². The molecular formula is C50H55FN4O9S2. The summed E-state index contributed by atoms with van der Waals surface area (Å²) in [6, 6.07) is 24.8. The van der Waals surface area contributed by atoms with Gasteiger partial charge in [-0.2, -0.15) is 0 Å². The van der Waals surface area contributed by atoms with E-state index in [1.165, 1.54) is 28.4 Å². The van der Waals surface area contributed by atoms with Crippen LogP contribution in [0.1, 0.15) is 44.9 Å². The Hall–Kier alpha value is -5.91. The van der Waals surface area contributed by atoms with Crippen molar-refractivity contribution in [3.8, 4) is 43.9 Å². The summed E-state index contributed by atoms with van der Waals surface area (Å²) in [6.07, 6.45) is 0.440. The number of β-amino-alcohol motifs (C(OH)–C–C–N with tert-alkyl or cyclic N) is 1. The molecule has 0 spiro atoms. The first-order valence-corrected chi connectivity index (χ1v) is 23.6. The highest BCUT2D eigenvalue weighted by Gasteiger charge is 2.44. The zero-order valence-corrected chi connectivity index (χ0v) is 39.0. The molecule has 0 bridgehead atoms. The number of nitrogens with one attached hydrogen (secondary N) is 2. The van der Waals surface area contributed by atoms with Gasteiger partial charge in [-0.3, -0.25) is 14.4 Å². The topological polar surface area (TPSA) is 169 Å². The maximum atomic E-state index is 13.9. The first-order chi connectivity index (χ1) is 31.7. The van der Waals surface area contributed by atoms with Gasteiger partial charge in [0.05, 0.1) is 46.9 Å². The van der Waals surface area contributed by atoms with Crippen LogP contribution in [-0.2, 0) is 30.3 Å². The number of amides is 3. The molecule has 4 aromatic carbocycles. The van der Waals surface area contributed by atoms with E-state index in [0.29, 0.717) is 49.8 Å². The number of aromatic nitrogens is 1. The second-order valence-corrected chi connectivity index (χ2v) is 19.1. The lowest BCUT2D eigenvalue weighted by molar-refractivity contribution is -0.144. The number of thiazole rings is 1. The highest BCUT2D eigenvalue weighted by molar-refractivity contribution is 7.22. The summed E-state index contributed by atoms with van der Waals surface area (Å²) >= 11 is 3.05. The molecule has 1 saturated heterocycles. The average Bonchev–Trinajstić information content (AvgIpc) is 4.01. The molecule has 3 heterocycles. The zero-order chi connectivity index (χ0) is 46.8. The Bertz CT molecular complexity index is 2580. The second-order valence-electron chi connectivity index (χ2n) is 17.2. The number of benzene rings is 4. The van der Waals surface area contributed by atoms with Crippen molar-refractivity contribution in [3.63, 3.8) is 0 Å². The molecule has 0 saturated carbocycles. The highest BCUT2D eigenvalue weighted by Crippen LogP contribution is 2.47. The summed E-state index contributed by atoms with van der Waals surface area (Å²) in [7, 11) is 0. The minimum atomic E-state index is -0.965. The summed E-state index contributed by atoms with van der Waals surface area (Å²) in [5, 5.41) is 27.2. The van der Waals surface area contributed by atoms with Crippen molar-refractivity contribution < 1.29 is 47.9 Å². The molecule has 0 aliphatic carbocycles. The minimum Gasteiger partial charge on any atom is -0.508 e. The number of aliphatic hydroxyl groups excluding tert-OH is 1. The molecule has 6 aromatic rings. The van der Waals surface area contributed by atoms with Crippen molar-refractivity contribution in [2.24, 2.45) is 5.41 Å². The van der Waals surface area contributed by atoms with Crippen LogP contribution in [0.5, 0.6) is 23.0 Å². The molecule has 1 fully saturated rings. The number of hydrogen-bond acceptors (Lipinski definition) is 12. The second kappa shape index (κ2) is 22.1. The van der Waals surface area contributed by atoms with Gasteiger partial charge in [0.2, 0.25) is 17.7 Å². The fraction of sp³-hybridized carbons (Fsp3) is 0.360. The standard InChI is InChI=1S/C50H55FN4O9S2/c1-31-45(65-30-53-31)33-8-6-32(7-9-33)20-21-52-48(59)41-26-37(57)28-55(41)49(60)47(50(2,3)4)54-43(58)29-62-25-24-61-22-5-23-63-38-15-17-39(18-16-38)64-44-40-19-14-36(56)27-42(40)66-46(44)34-10-12-35(51)13-11-34/h6-19,27,30,37,41,47,56-57H,5,20-26,28-29H2,1-4H3,(H,52,59)(H,54,58)/t37-,41-,47+/m0/s1. The summed E-state index contributed by atoms with van der Waals surface area (Å²) < 4.78 is 38.0. The van der Waals surface area contributed by atoms with Crippen molar-refractivity contribution in [3.05, 3.63) is 114 Å². The third-order valence-corrected chi connectivity index (χ3v) is 13.2. The smallest absolute Gasteiger partial charge is 0.246 e. The van der Waals surface area contributed by atoms with Crippen molar-refractivity contribution in [1.29, 1.82) is 0 Å². The number of phenolic OH excluding ortho intramolecular Hbond substituents is 1. The first-order valence-electron chi connectivity index (χ1n) is 21.9. The Morgan fingerprint density at radius 1 is 0.894 bits per heavy atom. The number of thiophene rings is 1. The van der Waals surface area contributed by atoms with Gasteiger partial charge in [-0.25, -0.2) is 9.37 Å². The number of carbonyl (C=O) groups excluding carboxylic acids is 3. The number of aryl methyl sites for hydroxylation is 1. The van der Waals surface area contributed by atoms with Crippen LogP contribution in [0.15, 0.2) is 96.5 Å². The molecule has 3 amide bonds. The number of hydrogen-bond donors (Lipinski definition) is 4. The summed E-state index contributed by atoms with van der Waals surface area (Å²) in [5.41, 5.74) is 5.06. The maximum Gasteiger partial charge on any atom is 0.246 e. The molecule has 0 radical (unpaired) electrons. The van der Waals surface area contributed by atoms with Gasteiger partial charge in [0.15, 0.2) is 5.75 Å². The van der Waals surface area contributed by atoms with Crippen LogP contribution in [0.25, 0.3) is 31.0 Å². The average molecular weight is 939 g/mol. The lowest BCUT2D eigenvalue weighted by atomic mass is 9.85. The Balaban J connectivity index is 0.795. The number of halogens is 1. The predicted molar refractivity (Wildman–Crippen MR) is 254 cm³/mol. The SMILES string of the molecule is Cc1ncsc1-c1ccc(CCNC(=O)[C@@H]2C[C@H](O)CN2C(=O)[C@@H](NC(=O)COCCOCCCOc2ccc(Oc3c(-c4ccc(F)cc4)sc4cc(O)ccc34)cc2)C(C)(C)C)cc1. The minimum absolute atomic E-state index is 0.0126. The molecule has 0 unspecified atom stereocenters. The quantitative estimate of drug-likeness (QED) is 0.0547. The van der Waals surface area contributed by atoms with Gasteiger partial charge < -0.3 is 44.7 Å². The third-order valence-electron chi connectivity index (χ3n) is 11.0. The van der Waals surface area contributed by atoms with E-state index in [4.69, 9.17) is 18.9 Å². The number of phenols is 1. The summed E-state index contributed by atoms with van der Waals surface area (Å²) in [5.74, 6) is 0.398. The molecule has 2 aromatic heterocycles. The van der Waals surface area contributed by atoms with Crippen LogP contribution in [0.4, 0.5) is 4.39 Å². The maximum absolute atomic E-state index is 13.9. The monoisotopic (exact) mass is 938 g/mol. The van der Waals surface area contributed by atoms with Gasteiger partial charge in [0, 0.05) is 42.6 Å². The van der Waals surface area contributed by atoms with E-state index < -0.39 is 35.4 Å². The van der Waals surface area contributed by atoms with Crippen LogP contribution < -0.4 is 20.1 Å². The van der Waals surface area contributed by atoms with Crippen molar-refractivity contribution in [2.75, 3.05) is 46.1 Å². The van der Waals surface area contributed by atoms with Gasteiger partial charge >= 0.3 is 0 Å². The Kier molecular flexibility index (Phi) is 16.0. The van der Waals surface area contributed by atoms with Gasteiger partial charge in [-0.05, 0) is 90.0 Å². The summed E-state index contributed by atoms with van der Waals surface area (Å²) in [6.45, 7) is 8.74. The van der Waals surface area contributed by atoms with Gasteiger partial charge in [-0.15, -0.1) is 22.7 Å². The van der Waals surface area contributed by atoms with Crippen LogP contribution in [0, 0.1) is 18.2 Å². The van der Waals surface area contributed by atoms with Gasteiger partial charge in [0.25, 0.3) is 0 Å². The van der Waals surface area contributed by atoms with Crippen molar-refractivity contribution in [1.82, 2.24) is 20.5 Å². The molecule has 66 heavy (non-hydrogen) atoms. The van der Waals surface area contributed by atoms with Crippen LogP contribution in [0.3, 0.4) is 0 Å². The molecular weight excluding hydrogens is 884 g/mol. The van der Waals surface area contributed by atoms with E-state index in [1.54, 1.807) is 53.8 Å². The number of ether oxygens (including phenoxy) is 4. The van der Waals surface area contributed by atoms with E-state index in [1.807, 2.05) is 69.6 Å². The Labute approximate surface area is 391 Å². The van der Waals surface area contributed by atoms with Crippen molar-refractivity contribution >= 4 is 50.5 Å². The zero-order valence-electron chi connectivity index (χ0n) is 37.4. The number of carbonyl (C=O) groups is 3. The number of aromatic hydroxyl groups is 1. The highest BCUT2D eigenvalue weighted by atomic mass is 32.1. The lowest BCUT2D eigenvalue weighted by Crippen LogP contribution is -2.58. The number of likely N-dealkylation sites (tertiary alicyclic amines) is 1. The Morgan fingerprint density at radius 3 is 2.30 bits per heavy atom. The van der Waals surface area contributed by atoms with E-state index >= 15 is 0 Å². The van der Waals surface area contributed by atoms with E-state index in [-0.39, 0.29) is 50.3 Å². The molecule has 348 valence electrons. The fourth-order valence-electron chi connectivity index (χ4n) is 7.58. The van der Waals surface area contributed by atoms with E-state index in [0.717, 1.165) is 42.2 Å². The molecule has 16 heteroatoms. The summed E-state index contributed by atoms with van der Waals surface area (Å²) in [4.78, 5) is 48.0. The molecule has 1 aliphatic rings. The number of nitrogens with zero attached hydrogens (tertiary/aromatic N) is 2. The van der Waals surface area contributed by atoms with Crippen LogP contribution in [-0.4, -0.2) is 102 Å². The number of aliphatic hydroxyl groups is 1. The largest absolute Gasteiger partial charge is 0.508 e. The lowest BCUT2D eigenvalue weighted by Gasteiger charge is -2.35. The number of fused-ring (bicyclic) bond motifs is 1. The van der Waals surface area contributed by atoms with Crippen LogP contribution in [0.2, 0.25) is 0 Å². The van der Waals surface area contributed by atoms with Gasteiger partial charge in [0.1, 0.15) is 41.8 Å². The third kappa shape index (κ3) is 12.5. The van der Waals surface area contributed by atoms with E-state index in [9.17, 15) is 29.0 Å². The molecule has 3 atom stereocenters. The first kappa shape index (κ1) is 48.0. The number of rotatable bonds is 20. The van der Waals surface area contributed by atoms with Crippen molar-refractivity contribution in [2.45, 2.75) is 65.1 Å². The molecule has 7 rings (SSSR count). The molecule has 13 nitrogen and oxygen atoms in total. The van der Waals surface area contributed by atoms with Crippen LogP contribution >= 0.6 is 22.7 Å². The van der Waals surface area contributed by atoms with E-state index in [2.05, 4.69) is 15.6 Å².